The van der Waals surface area contributed by atoms with Gasteiger partial charge in [-0.2, -0.15) is 0 Å². The summed E-state index contributed by atoms with van der Waals surface area (Å²) in [5, 5.41) is 7.08. The van der Waals surface area contributed by atoms with Crippen molar-refractivity contribution in [3.8, 4) is 0 Å². The molecule has 0 spiro atoms. The lowest BCUT2D eigenvalue weighted by molar-refractivity contribution is 0.627. The molecule has 0 aromatic heterocycles. The number of amidine groups is 1. The van der Waals surface area contributed by atoms with Gasteiger partial charge in [0.05, 0.1) is 0 Å². The van der Waals surface area contributed by atoms with Crippen LogP contribution in [0.2, 0.25) is 0 Å². The van der Waals surface area contributed by atoms with Gasteiger partial charge in [-0.05, 0) is 24.6 Å². The van der Waals surface area contributed by atoms with Crippen molar-refractivity contribution >= 4 is 5.84 Å². The number of nitrogens with two attached hydrogens (primary N) is 1. The van der Waals surface area contributed by atoms with Gasteiger partial charge < -0.3 is 5.73 Å². The van der Waals surface area contributed by atoms with Gasteiger partial charge in [-0.1, -0.05) is 6.07 Å². The molecule has 0 saturated carbocycles. The number of halogens is 1. The van der Waals surface area contributed by atoms with Crippen LogP contribution < -0.4 is 5.73 Å². The maximum absolute atomic E-state index is 12.6. The summed E-state index contributed by atoms with van der Waals surface area (Å²) in [5.41, 5.74) is 6.48. The molecule has 58 valence electrons. The fourth-order valence-electron chi connectivity index (χ4n) is 0.884. The van der Waals surface area contributed by atoms with E-state index in [0.29, 0.717) is 5.56 Å². The quantitative estimate of drug-likeness (QED) is 0.464. The molecule has 3 N–H and O–H groups in total. The molecule has 0 heterocycles. The van der Waals surface area contributed by atoms with Crippen LogP contribution in [0, 0.1) is 18.2 Å². The van der Waals surface area contributed by atoms with Crippen LogP contribution in [-0.2, 0) is 0 Å². The third-order valence-corrected chi connectivity index (χ3v) is 1.49. The summed E-state index contributed by atoms with van der Waals surface area (Å²) in [6.07, 6.45) is 0. The van der Waals surface area contributed by atoms with Crippen molar-refractivity contribution in [2.24, 2.45) is 5.73 Å². The second kappa shape index (κ2) is 2.70. The van der Waals surface area contributed by atoms with Gasteiger partial charge in [0, 0.05) is 5.56 Å². The number of aryl methyl sites for hydroxylation is 1. The monoisotopic (exact) mass is 152 g/mol. The van der Waals surface area contributed by atoms with Crippen LogP contribution in [0.4, 0.5) is 4.39 Å². The summed E-state index contributed by atoms with van der Waals surface area (Å²) in [4.78, 5) is 0. The lowest BCUT2D eigenvalue weighted by atomic mass is 10.1. The minimum absolute atomic E-state index is 0.0954. The molecule has 11 heavy (non-hydrogen) atoms. The Labute approximate surface area is 64.4 Å². The number of benzene rings is 1. The van der Waals surface area contributed by atoms with Crippen molar-refractivity contribution in [1.82, 2.24) is 0 Å². The molecule has 0 atom stereocenters. The van der Waals surface area contributed by atoms with Crippen molar-refractivity contribution in [3.63, 3.8) is 0 Å². The molecule has 2 nitrogen and oxygen atoms in total. The zero-order valence-corrected chi connectivity index (χ0v) is 6.19. The molecule has 0 amide bonds. The Morgan fingerprint density at radius 3 is 2.64 bits per heavy atom. The molecule has 0 radical (unpaired) electrons. The van der Waals surface area contributed by atoms with Gasteiger partial charge in [-0.25, -0.2) is 4.39 Å². The average molecular weight is 152 g/mol. The number of nitrogen functional groups attached to an aromatic ring is 1. The number of hydrogen-bond donors (Lipinski definition) is 2. The van der Waals surface area contributed by atoms with Crippen LogP contribution in [0.25, 0.3) is 0 Å². The molecule has 0 aliphatic rings. The normalized spacial score (nSPS) is 9.64. The molecule has 0 fully saturated rings. The first-order chi connectivity index (χ1) is 5.11. The molecule has 0 aliphatic carbocycles. The van der Waals surface area contributed by atoms with Crippen LogP contribution in [-0.4, -0.2) is 5.84 Å². The summed E-state index contributed by atoms with van der Waals surface area (Å²) < 4.78 is 12.6. The van der Waals surface area contributed by atoms with Crippen LogP contribution in [0.1, 0.15) is 11.1 Å². The highest BCUT2D eigenvalue weighted by Gasteiger charge is 2.01. The lowest BCUT2D eigenvalue weighted by Crippen LogP contribution is -2.12. The summed E-state index contributed by atoms with van der Waals surface area (Å²) >= 11 is 0. The van der Waals surface area contributed by atoms with Gasteiger partial charge in [0.1, 0.15) is 11.7 Å². The van der Waals surface area contributed by atoms with E-state index in [-0.39, 0.29) is 11.7 Å². The maximum atomic E-state index is 12.6. The van der Waals surface area contributed by atoms with Crippen LogP contribution in [0.5, 0.6) is 0 Å². The van der Waals surface area contributed by atoms with E-state index in [9.17, 15) is 4.39 Å². The Morgan fingerprint density at radius 2 is 2.18 bits per heavy atom. The van der Waals surface area contributed by atoms with E-state index in [1.807, 2.05) is 0 Å². The highest BCUT2D eigenvalue weighted by Crippen LogP contribution is 2.08. The Kier molecular flexibility index (Phi) is 1.89. The van der Waals surface area contributed by atoms with E-state index in [0.717, 1.165) is 5.56 Å². The van der Waals surface area contributed by atoms with Crippen molar-refractivity contribution in [3.05, 3.63) is 35.1 Å². The highest BCUT2D eigenvalue weighted by molar-refractivity contribution is 5.96. The Hall–Kier alpha value is -1.38. The van der Waals surface area contributed by atoms with E-state index in [2.05, 4.69) is 0 Å². The van der Waals surface area contributed by atoms with Crippen molar-refractivity contribution in [1.29, 1.82) is 5.41 Å². The van der Waals surface area contributed by atoms with E-state index in [4.69, 9.17) is 11.1 Å². The summed E-state index contributed by atoms with van der Waals surface area (Å²) in [5.74, 6) is -0.456. The first kappa shape index (κ1) is 7.72. The zero-order valence-electron chi connectivity index (χ0n) is 6.19. The first-order valence-electron chi connectivity index (χ1n) is 3.22. The van der Waals surface area contributed by atoms with Gasteiger partial charge in [0.15, 0.2) is 0 Å². The van der Waals surface area contributed by atoms with Crippen LogP contribution >= 0.6 is 0 Å². The van der Waals surface area contributed by atoms with Gasteiger partial charge >= 0.3 is 0 Å². The second-order valence-corrected chi connectivity index (χ2v) is 2.37. The largest absolute Gasteiger partial charge is 0.384 e. The number of nitrogens with one attached hydrogen (secondary N) is 1. The summed E-state index contributed by atoms with van der Waals surface area (Å²) in [6.45, 7) is 1.79. The predicted molar refractivity (Wildman–Crippen MR) is 42.2 cm³/mol. The minimum Gasteiger partial charge on any atom is -0.384 e. The molecule has 0 saturated heterocycles. The maximum Gasteiger partial charge on any atom is 0.123 e. The molecule has 0 aliphatic heterocycles. The van der Waals surface area contributed by atoms with E-state index in [1.54, 1.807) is 13.0 Å². The lowest BCUT2D eigenvalue weighted by Gasteiger charge is -2.01. The average Bonchev–Trinajstić information content (AvgIpc) is 1.94. The van der Waals surface area contributed by atoms with Crippen molar-refractivity contribution in [2.45, 2.75) is 6.92 Å². The molecule has 1 aromatic carbocycles. The molecule has 3 heteroatoms. The number of rotatable bonds is 1. The summed E-state index contributed by atoms with van der Waals surface area (Å²) in [7, 11) is 0. The zero-order chi connectivity index (χ0) is 8.43. The Morgan fingerprint density at radius 1 is 1.55 bits per heavy atom. The molecule has 1 rings (SSSR count). The SMILES string of the molecule is Cc1ccc(F)cc1C(=N)N. The van der Waals surface area contributed by atoms with E-state index < -0.39 is 0 Å². The third kappa shape index (κ3) is 1.55. The van der Waals surface area contributed by atoms with Crippen LogP contribution in [0.3, 0.4) is 0 Å². The van der Waals surface area contributed by atoms with Crippen LogP contribution in [0.15, 0.2) is 18.2 Å². The Balaban J connectivity index is 3.23. The standard InChI is InChI=1S/C8H9FN2/c1-5-2-3-6(9)4-7(5)8(10)11/h2-4H,1H3,(H3,10,11). The Bertz CT molecular complexity index is 294. The molecule has 0 bridgehead atoms. The van der Waals surface area contributed by atoms with E-state index >= 15 is 0 Å². The fraction of sp³-hybridized carbons (Fsp3) is 0.125. The van der Waals surface area contributed by atoms with Gasteiger partial charge in [-0.15, -0.1) is 0 Å². The van der Waals surface area contributed by atoms with Gasteiger partial charge in [0.25, 0.3) is 0 Å². The minimum atomic E-state index is -0.360. The molecular weight excluding hydrogens is 143 g/mol. The third-order valence-electron chi connectivity index (χ3n) is 1.49. The smallest absolute Gasteiger partial charge is 0.123 e. The second-order valence-electron chi connectivity index (χ2n) is 2.37. The topological polar surface area (TPSA) is 49.9 Å². The fourth-order valence-corrected chi connectivity index (χ4v) is 0.884. The van der Waals surface area contributed by atoms with E-state index in [1.165, 1.54) is 12.1 Å². The molecule has 0 unspecified atom stereocenters. The van der Waals surface area contributed by atoms with Gasteiger partial charge in [-0.3, -0.25) is 5.41 Å². The number of hydrogen-bond acceptors (Lipinski definition) is 1. The highest BCUT2D eigenvalue weighted by atomic mass is 19.1. The first-order valence-corrected chi connectivity index (χ1v) is 3.22. The van der Waals surface area contributed by atoms with Crippen molar-refractivity contribution < 1.29 is 4.39 Å². The van der Waals surface area contributed by atoms with Gasteiger partial charge in [0.2, 0.25) is 0 Å². The summed E-state index contributed by atoms with van der Waals surface area (Å²) in [6, 6.07) is 4.21. The molecule has 1 aromatic rings. The molecular formula is C8H9FN2. The predicted octanol–water partition coefficient (Wildman–Crippen LogP) is 1.42. The van der Waals surface area contributed by atoms with Crippen molar-refractivity contribution in [2.75, 3.05) is 0 Å².